The maximum atomic E-state index is 10.8. The van der Waals surface area contributed by atoms with Gasteiger partial charge in [0.1, 0.15) is 5.58 Å². The van der Waals surface area contributed by atoms with Crippen molar-refractivity contribution >= 4 is 22.5 Å². The number of non-ortho nitro benzene ring substituents is 1. The monoisotopic (exact) mass is 254 g/mol. The Kier molecular flexibility index (Phi) is 2.45. The molecule has 19 heavy (non-hydrogen) atoms. The second-order valence-electron chi connectivity index (χ2n) is 4.14. The van der Waals surface area contributed by atoms with E-state index in [2.05, 4.69) is 0 Å². The van der Waals surface area contributed by atoms with E-state index in [1.165, 1.54) is 12.1 Å². The number of nitrogens with zero attached hydrogens (tertiary/aromatic N) is 1. The highest BCUT2D eigenvalue weighted by Crippen LogP contribution is 2.38. The van der Waals surface area contributed by atoms with Crippen LogP contribution < -0.4 is 5.73 Å². The molecule has 0 aliphatic heterocycles. The van der Waals surface area contributed by atoms with Gasteiger partial charge in [-0.3, -0.25) is 10.1 Å². The minimum absolute atomic E-state index is 0.0190. The van der Waals surface area contributed by atoms with Crippen LogP contribution in [0.2, 0.25) is 0 Å². The summed E-state index contributed by atoms with van der Waals surface area (Å²) in [6, 6.07) is 13.9. The average Bonchev–Trinajstić information content (AvgIpc) is 2.74. The molecule has 1 aromatic heterocycles. The zero-order valence-corrected chi connectivity index (χ0v) is 9.87. The van der Waals surface area contributed by atoms with Crippen LogP contribution in [0.25, 0.3) is 22.1 Å². The molecule has 0 fully saturated rings. The first kappa shape index (κ1) is 11.3. The van der Waals surface area contributed by atoms with Crippen molar-refractivity contribution in [1.29, 1.82) is 0 Å². The molecule has 0 saturated carbocycles. The summed E-state index contributed by atoms with van der Waals surface area (Å²) >= 11 is 0. The van der Waals surface area contributed by atoms with Gasteiger partial charge in [-0.2, -0.15) is 0 Å². The lowest BCUT2D eigenvalue weighted by atomic mass is 10.0. The fourth-order valence-electron chi connectivity index (χ4n) is 2.12. The number of hydrogen-bond donors (Lipinski definition) is 1. The Labute approximate surface area is 108 Å². The maximum Gasteiger partial charge on any atom is 0.270 e. The number of nitrogen functional groups attached to an aromatic ring is 1. The molecule has 0 bridgehead atoms. The molecule has 0 aliphatic carbocycles. The van der Waals surface area contributed by atoms with Gasteiger partial charge in [0.05, 0.1) is 10.5 Å². The number of nitro benzene ring substituents is 1. The van der Waals surface area contributed by atoms with Crippen LogP contribution >= 0.6 is 0 Å². The summed E-state index contributed by atoms with van der Waals surface area (Å²) in [5.74, 6) is 0.265. The molecule has 0 spiro atoms. The van der Waals surface area contributed by atoms with E-state index in [0.29, 0.717) is 16.5 Å². The number of rotatable bonds is 2. The van der Waals surface area contributed by atoms with E-state index in [9.17, 15) is 10.1 Å². The van der Waals surface area contributed by atoms with Crippen molar-refractivity contribution in [2.75, 3.05) is 5.73 Å². The molecule has 5 heteroatoms. The molecule has 2 aromatic carbocycles. The van der Waals surface area contributed by atoms with E-state index < -0.39 is 4.92 Å². The second kappa shape index (κ2) is 4.13. The zero-order valence-electron chi connectivity index (χ0n) is 9.87. The number of nitro groups is 1. The quantitative estimate of drug-likeness (QED) is 0.559. The highest BCUT2D eigenvalue weighted by molar-refractivity contribution is 6.00. The molecule has 0 amide bonds. The molecule has 1 heterocycles. The van der Waals surface area contributed by atoms with Crippen LogP contribution in [-0.4, -0.2) is 4.92 Å². The van der Waals surface area contributed by atoms with E-state index >= 15 is 0 Å². The largest absolute Gasteiger partial charge is 0.440 e. The number of hydrogen-bond acceptors (Lipinski definition) is 4. The molecule has 0 saturated heterocycles. The van der Waals surface area contributed by atoms with Crippen LogP contribution in [0.5, 0.6) is 0 Å². The normalized spacial score (nSPS) is 10.7. The Morgan fingerprint density at radius 3 is 2.53 bits per heavy atom. The minimum Gasteiger partial charge on any atom is -0.440 e. The van der Waals surface area contributed by atoms with E-state index in [4.69, 9.17) is 10.2 Å². The van der Waals surface area contributed by atoms with Gasteiger partial charge in [0, 0.05) is 17.5 Å². The van der Waals surface area contributed by atoms with Gasteiger partial charge in [-0.25, -0.2) is 0 Å². The van der Waals surface area contributed by atoms with Crippen molar-refractivity contribution in [1.82, 2.24) is 0 Å². The van der Waals surface area contributed by atoms with Crippen LogP contribution in [0.15, 0.2) is 52.9 Å². The van der Waals surface area contributed by atoms with Gasteiger partial charge < -0.3 is 10.2 Å². The minimum atomic E-state index is -0.433. The third kappa shape index (κ3) is 1.81. The van der Waals surface area contributed by atoms with E-state index in [1.54, 1.807) is 6.07 Å². The predicted molar refractivity (Wildman–Crippen MR) is 72.7 cm³/mol. The summed E-state index contributed by atoms with van der Waals surface area (Å²) in [6.45, 7) is 0. The van der Waals surface area contributed by atoms with Gasteiger partial charge in [-0.1, -0.05) is 30.3 Å². The Morgan fingerprint density at radius 2 is 1.84 bits per heavy atom. The predicted octanol–water partition coefficient (Wildman–Crippen LogP) is 3.59. The zero-order chi connectivity index (χ0) is 13.4. The molecule has 0 unspecified atom stereocenters. The van der Waals surface area contributed by atoms with Crippen molar-refractivity contribution < 1.29 is 9.34 Å². The first-order valence-electron chi connectivity index (χ1n) is 5.68. The van der Waals surface area contributed by atoms with Crippen LogP contribution in [0.3, 0.4) is 0 Å². The van der Waals surface area contributed by atoms with Gasteiger partial charge in [-0.05, 0) is 11.6 Å². The number of benzene rings is 2. The van der Waals surface area contributed by atoms with Crippen molar-refractivity contribution in [3.8, 4) is 11.1 Å². The Morgan fingerprint density at radius 1 is 1.11 bits per heavy atom. The summed E-state index contributed by atoms with van der Waals surface area (Å²) < 4.78 is 5.44. The molecule has 2 N–H and O–H groups in total. The summed E-state index contributed by atoms with van der Waals surface area (Å²) in [4.78, 5) is 10.4. The van der Waals surface area contributed by atoms with Crippen molar-refractivity contribution in [3.05, 3.63) is 58.6 Å². The first-order valence-corrected chi connectivity index (χ1v) is 5.68. The van der Waals surface area contributed by atoms with Crippen LogP contribution in [0, 0.1) is 10.1 Å². The fourth-order valence-corrected chi connectivity index (χ4v) is 2.12. The molecule has 5 nitrogen and oxygen atoms in total. The summed E-state index contributed by atoms with van der Waals surface area (Å²) in [5, 5.41) is 11.5. The van der Waals surface area contributed by atoms with Crippen molar-refractivity contribution in [3.63, 3.8) is 0 Å². The Hall–Kier alpha value is -2.82. The van der Waals surface area contributed by atoms with E-state index in [0.717, 1.165) is 5.56 Å². The standard InChI is InChI=1S/C14H10N2O3/c15-14-13(9-4-2-1-3-5-9)11-8-10(16(17)18)6-7-12(11)19-14/h1-8H,15H2. The maximum absolute atomic E-state index is 10.8. The average molecular weight is 254 g/mol. The molecular weight excluding hydrogens is 244 g/mol. The lowest BCUT2D eigenvalue weighted by Crippen LogP contribution is -1.87. The molecule has 0 atom stereocenters. The van der Waals surface area contributed by atoms with Gasteiger partial charge in [0.15, 0.2) is 5.88 Å². The topological polar surface area (TPSA) is 82.3 Å². The lowest BCUT2D eigenvalue weighted by molar-refractivity contribution is -0.384. The van der Waals surface area contributed by atoms with Crippen molar-refractivity contribution in [2.45, 2.75) is 0 Å². The van der Waals surface area contributed by atoms with E-state index in [1.807, 2.05) is 30.3 Å². The van der Waals surface area contributed by atoms with Crippen LogP contribution in [0.4, 0.5) is 11.6 Å². The molecular formula is C14H10N2O3. The number of furan rings is 1. The molecule has 3 rings (SSSR count). The van der Waals surface area contributed by atoms with Crippen molar-refractivity contribution in [2.24, 2.45) is 0 Å². The highest BCUT2D eigenvalue weighted by Gasteiger charge is 2.16. The number of nitrogens with two attached hydrogens (primary N) is 1. The first-order chi connectivity index (χ1) is 9.16. The molecule has 94 valence electrons. The molecule has 0 radical (unpaired) electrons. The Bertz CT molecular complexity index is 763. The third-order valence-electron chi connectivity index (χ3n) is 2.97. The van der Waals surface area contributed by atoms with Gasteiger partial charge in [-0.15, -0.1) is 0 Å². The van der Waals surface area contributed by atoms with Gasteiger partial charge in [0.2, 0.25) is 0 Å². The highest BCUT2D eigenvalue weighted by atomic mass is 16.6. The second-order valence-corrected chi connectivity index (χ2v) is 4.14. The Balaban J connectivity index is 2.31. The van der Waals surface area contributed by atoms with Gasteiger partial charge in [0.25, 0.3) is 5.69 Å². The van der Waals surface area contributed by atoms with Gasteiger partial charge >= 0.3 is 0 Å². The smallest absolute Gasteiger partial charge is 0.270 e. The summed E-state index contributed by atoms with van der Waals surface area (Å²) in [6.07, 6.45) is 0. The third-order valence-corrected chi connectivity index (χ3v) is 2.97. The lowest BCUT2D eigenvalue weighted by Gasteiger charge is -1.99. The summed E-state index contributed by atoms with van der Waals surface area (Å²) in [7, 11) is 0. The number of anilines is 1. The SMILES string of the molecule is Nc1oc2ccc([N+](=O)[O-])cc2c1-c1ccccc1. The molecule has 0 aliphatic rings. The molecule has 3 aromatic rings. The fraction of sp³-hybridized carbons (Fsp3) is 0. The van der Waals surface area contributed by atoms with E-state index in [-0.39, 0.29) is 11.6 Å². The summed E-state index contributed by atoms with van der Waals surface area (Å²) in [5.41, 5.74) is 8.01. The van der Waals surface area contributed by atoms with Crippen LogP contribution in [0.1, 0.15) is 0 Å². The van der Waals surface area contributed by atoms with Crippen LogP contribution in [-0.2, 0) is 0 Å². The number of fused-ring (bicyclic) bond motifs is 1.